The molecule has 0 aliphatic carbocycles. The number of hydrogen-bond donors (Lipinski definition) is 2. The number of rotatable bonds is 9. The van der Waals surface area contributed by atoms with Crippen molar-refractivity contribution in [3.05, 3.63) is 71.8 Å². The van der Waals surface area contributed by atoms with Crippen molar-refractivity contribution in [1.29, 1.82) is 0 Å². The molecule has 1 amide bonds. The van der Waals surface area contributed by atoms with E-state index in [1.54, 1.807) is 0 Å². The highest BCUT2D eigenvalue weighted by atomic mass is 16.5. The number of aryl methyl sites for hydroxylation is 1. The molecule has 5 nitrogen and oxygen atoms in total. The summed E-state index contributed by atoms with van der Waals surface area (Å²) >= 11 is 0. The van der Waals surface area contributed by atoms with Gasteiger partial charge in [0, 0.05) is 30.4 Å². The second-order valence-electron chi connectivity index (χ2n) is 8.52. The van der Waals surface area contributed by atoms with Gasteiger partial charge in [-0.1, -0.05) is 55.0 Å². The molecule has 4 rings (SSSR count). The van der Waals surface area contributed by atoms with Crippen LogP contribution in [0.1, 0.15) is 30.9 Å². The highest BCUT2D eigenvalue weighted by Gasteiger charge is 2.22. The molecule has 0 bridgehead atoms. The summed E-state index contributed by atoms with van der Waals surface area (Å²) in [6.45, 7) is 8.21. The zero-order valence-corrected chi connectivity index (χ0v) is 19.1. The molecule has 3 aromatic carbocycles. The monoisotopic (exact) mass is 431 g/mol. The van der Waals surface area contributed by atoms with E-state index in [-0.39, 0.29) is 12.5 Å². The standard InChI is InChI=1S/C27H33N3O2/c1-3-30-16-6-8-23(30)17-28-18-25-24-9-5-4-7-21(24)12-15-26(25)32-19-27(31)29-22-13-10-20(2)11-14-22/h4-5,7,9-15,23,28H,3,6,8,16-19H2,1-2H3,(H,29,31)/t23-/m0/s1. The van der Waals surface area contributed by atoms with Gasteiger partial charge in [-0.25, -0.2) is 0 Å². The zero-order valence-electron chi connectivity index (χ0n) is 19.1. The third kappa shape index (κ3) is 5.47. The van der Waals surface area contributed by atoms with Crippen LogP contribution in [0.3, 0.4) is 0 Å². The van der Waals surface area contributed by atoms with Gasteiger partial charge in [0.15, 0.2) is 6.61 Å². The van der Waals surface area contributed by atoms with E-state index in [4.69, 9.17) is 4.74 Å². The van der Waals surface area contributed by atoms with E-state index >= 15 is 0 Å². The third-order valence-corrected chi connectivity index (χ3v) is 6.28. The van der Waals surface area contributed by atoms with Crippen LogP contribution < -0.4 is 15.4 Å². The molecule has 0 saturated carbocycles. The van der Waals surface area contributed by atoms with Crippen LogP contribution >= 0.6 is 0 Å². The van der Waals surface area contributed by atoms with Crippen molar-refractivity contribution < 1.29 is 9.53 Å². The number of likely N-dealkylation sites (N-methyl/N-ethyl adjacent to an activating group) is 1. The molecule has 32 heavy (non-hydrogen) atoms. The van der Waals surface area contributed by atoms with Crippen molar-refractivity contribution in [2.75, 3.05) is 31.6 Å². The van der Waals surface area contributed by atoms with Gasteiger partial charge in [0.2, 0.25) is 0 Å². The molecule has 0 aromatic heterocycles. The summed E-state index contributed by atoms with van der Waals surface area (Å²) < 4.78 is 6.01. The van der Waals surface area contributed by atoms with Crippen molar-refractivity contribution in [2.45, 2.75) is 39.3 Å². The Bertz CT molecular complexity index is 1050. The summed E-state index contributed by atoms with van der Waals surface area (Å²) in [6, 6.07) is 20.7. The number of likely N-dealkylation sites (tertiary alicyclic amines) is 1. The molecule has 1 aliphatic rings. The summed E-state index contributed by atoms with van der Waals surface area (Å²) in [7, 11) is 0. The Labute approximate surface area is 190 Å². The van der Waals surface area contributed by atoms with Crippen molar-refractivity contribution in [1.82, 2.24) is 10.2 Å². The third-order valence-electron chi connectivity index (χ3n) is 6.28. The molecule has 5 heteroatoms. The Morgan fingerprint density at radius 1 is 1.09 bits per heavy atom. The molecule has 3 aromatic rings. The van der Waals surface area contributed by atoms with E-state index in [9.17, 15) is 4.79 Å². The fraction of sp³-hybridized carbons (Fsp3) is 0.370. The van der Waals surface area contributed by atoms with Gasteiger partial charge in [-0.2, -0.15) is 0 Å². The van der Waals surface area contributed by atoms with Gasteiger partial charge < -0.3 is 15.4 Å². The van der Waals surface area contributed by atoms with Crippen molar-refractivity contribution in [2.24, 2.45) is 0 Å². The molecule has 1 fully saturated rings. The van der Waals surface area contributed by atoms with E-state index in [0.717, 1.165) is 41.0 Å². The lowest BCUT2D eigenvalue weighted by molar-refractivity contribution is -0.118. The largest absolute Gasteiger partial charge is 0.483 e. The van der Waals surface area contributed by atoms with Crippen LogP contribution in [0.4, 0.5) is 5.69 Å². The summed E-state index contributed by atoms with van der Waals surface area (Å²) in [4.78, 5) is 15.0. The van der Waals surface area contributed by atoms with E-state index < -0.39 is 0 Å². The second-order valence-corrected chi connectivity index (χ2v) is 8.52. The van der Waals surface area contributed by atoms with Crippen LogP contribution in [0.15, 0.2) is 60.7 Å². The Morgan fingerprint density at radius 3 is 2.72 bits per heavy atom. The fourth-order valence-corrected chi connectivity index (χ4v) is 4.52. The van der Waals surface area contributed by atoms with E-state index in [2.05, 4.69) is 46.7 Å². The first-order valence-corrected chi connectivity index (χ1v) is 11.6. The molecule has 0 spiro atoms. The van der Waals surface area contributed by atoms with Gasteiger partial charge in [-0.05, 0) is 61.8 Å². The van der Waals surface area contributed by atoms with Crippen LogP contribution in [0.5, 0.6) is 5.75 Å². The first-order valence-electron chi connectivity index (χ1n) is 11.6. The number of ether oxygens (including phenoxy) is 1. The smallest absolute Gasteiger partial charge is 0.262 e. The quantitative estimate of drug-likeness (QED) is 0.514. The highest BCUT2D eigenvalue weighted by Crippen LogP contribution is 2.28. The Hall–Kier alpha value is -2.89. The molecule has 1 atom stereocenters. The van der Waals surface area contributed by atoms with Gasteiger partial charge in [-0.3, -0.25) is 9.69 Å². The minimum Gasteiger partial charge on any atom is -0.483 e. The lowest BCUT2D eigenvalue weighted by atomic mass is 10.0. The summed E-state index contributed by atoms with van der Waals surface area (Å²) in [5.41, 5.74) is 3.04. The number of amides is 1. The minimum absolute atomic E-state index is 0.0224. The molecular formula is C27H33N3O2. The van der Waals surface area contributed by atoms with Crippen LogP contribution in [-0.4, -0.2) is 43.1 Å². The van der Waals surface area contributed by atoms with Crippen molar-refractivity contribution in [3.8, 4) is 5.75 Å². The Balaban J connectivity index is 1.43. The maximum absolute atomic E-state index is 12.4. The number of fused-ring (bicyclic) bond motifs is 1. The van der Waals surface area contributed by atoms with Crippen LogP contribution in [0, 0.1) is 6.92 Å². The molecule has 1 saturated heterocycles. The van der Waals surface area contributed by atoms with Gasteiger partial charge in [0.1, 0.15) is 5.75 Å². The normalized spacial score (nSPS) is 16.4. The van der Waals surface area contributed by atoms with Gasteiger partial charge in [-0.15, -0.1) is 0 Å². The van der Waals surface area contributed by atoms with Gasteiger partial charge in [0.25, 0.3) is 5.91 Å². The lowest BCUT2D eigenvalue weighted by Crippen LogP contribution is -2.37. The van der Waals surface area contributed by atoms with E-state index in [0.29, 0.717) is 12.6 Å². The Morgan fingerprint density at radius 2 is 1.91 bits per heavy atom. The first kappa shape index (κ1) is 22.3. The first-order chi connectivity index (χ1) is 15.6. The molecule has 168 valence electrons. The zero-order chi connectivity index (χ0) is 22.3. The predicted octanol–water partition coefficient (Wildman–Crippen LogP) is 4.74. The molecule has 1 aliphatic heterocycles. The van der Waals surface area contributed by atoms with Crippen molar-refractivity contribution >= 4 is 22.4 Å². The molecule has 0 radical (unpaired) electrons. The second kappa shape index (κ2) is 10.6. The summed E-state index contributed by atoms with van der Waals surface area (Å²) in [5.74, 6) is 0.597. The number of nitrogens with zero attached hydrogens (tertiary/aromatic N) is 1. The topological polar surface area (TPSA) is 53.6 Å². The SMILES string of the molecule is CCN1CCC[C@H]1CNCc1c(OCC(=O)Nc2ccc(C)cc2)ccc2ccccc12. The van der Waals surface area contributed by atoms with E-state index in [1.807, 2.05) is 43.3 Å². The molecule has 1 heterocycles. The van der Waals surface area contributed by atoms with Crippen LogP contribution in [0.2, 0.25) is 0 Å². The summed E-state index contributed by atoms with van der Waals surface area (Å²) in [5, 5.41) is 8.89. The van der Waals surface area contributed by atoms with Crippen LogP contribution in [-0.2, 0) is 11.3 Å². The fourth-order valence-electron chi connectivity index (χ4n) is 4.52. The highest BCUT2D eigenvalue weighted by molar-refractivity contribution is 5.92. The molecular weight excluding hydrogens is 398 g/mol. The molecule has 0 unspecified atom stereocenters. The van der Waals surface area contributed by atoms with Gasteiger partial charge in [0.05, 0.1) is 0 Å². The van der Waals surface area contributed by atoms with Crippen LogP contribution in [0.25, 0.3) is 10.8 Å². The number of carbonyl (C=O) groups excluding carboxylic acids is 1. The number of benzene rings is 3. The van der Waals surface area contributed by atoms with Gasteiger partial charge >= 0.3 is 0 Å². The Kier molecular flexibility index (Phi) is 7.40. The van der Waals surface area contributed by atoms with Crippen molar-refractivity contribution in [3.63, 3.8) is 0 Å². The lowest BCUT2D eigenvalue weighted by Gasteiger charge is -2.23. The number of nitrogens with one attached hydrogen (secondary N) is 2. The number of anilines is 1. The maximum Gasteiger partial charge on any atom is 0.262 e. The minimum atomic E-state index is -0.162. The molecule has 2 N–H and O–H groups in total. The average molecular weight is 432 g/mol. The average Bonchev–Trinajstić information content (AvgIpc) is 3.27. The summed E-state index contributed by atoms with van der Waals surface area (Å²) in [6.07, 6.45) is 2.53. The van der Waals surface area contributed by atoms with E-state index in [1.165, 1.54) is 24.8 Å². The predicted molar refractivity (Wildman–Crippen MR) is 131 cm³/mol. The number of carbonyl (C=O) groups is 1. The maximum atomic E-state index is 12.4. The number of hydrogen-bond acceptors (Lipinski definition) is 4.